The monoisotopic (exact) mass is 939 g/mol. The summed E-state index contributed by atoms with van der Waals surface area (Å²) in [6, 6.07) is 17.8. The van der Waals surface area contributed by atoms with Crippen molar-refractivity contribution >= 4 is 112 Å². The molecule has 0 radical (unpaired) electrons. The summed E-state index contributed by atoms with van der Waals surface area (Å²) < 4.78 is 9.60. The van der Waals surface area contributed by atoms with Gasteiger partial charge in [-0.05, 0) is 103 Å². The van der Waals surface area contributed by atoms with Gasteiger partial charge in [-0.3, -0.25) is 19.6 Å². The lowest BCUT2D eigenvalue weighted by Crippen LogP contribution is -2.55. The zero-order valence-corrected chi connectivity index (χ0v) is 41.4. The van der Waals surface area contributed by atoms with E-state index >= 15 is 0 Å². The highest BCUT2D eigenvalue weighted by Gasteiger charge is 2.41. The Bertz CT molecular complexity index is 2260. The number of rotatable bonds is 10. The molecular formula is C46H65N7O6S4. The largest absolute Gasteiger partial charge is 0.453 e. The van der Waals surface area contributed by atoms with Crippen LogP contribution in [-0.4, -0.2) is 96.8 Å². The number of aliphatic imine (C=N–C) groups is 2. The summed E-state index contributed by atoms with van der Waals surface area (Å²) >= 11 is 0. The van der Waals surface area contributed by atoms with Crippen LogP contribution in [0.2, 0.25) is 0 Å². The minimum absolute atomic E-state index is 0. The van der Waals surface area contributed by atoms with E-state index in [2.05, 4.69) is 84.4 Å². The number of ether oxygens (including phenoxy) is 2. The van der Waals surface area contributed by atoms with E-state index in [1.807, 2.05) is 43.7 Å². The molecule has 0 bridgehead atoms. The minimum Gasteiger partial charge on any atom is -0.453 e. The Labute approximate surface area is 399 Å². The maximum atomic E-state index is 13.9. The van der Waals surface area contributed by atoms with Gasteiger partial charge in [0.25, 0.3) is 0 Å². The minimum atomic E-state index is -0.703. The molecule has 3 N–H and O–H groups in total. The SMILES string of the molecule is COC(=O)N[C@H](C(=O)N1CCC[C@H]1C1=NC=C(c2ccc3cc(-c4ccc5c(c4)NC([C@@H]4CCCN4C(=O)[C@@H](NC(=O)OC)C(C)C)=NC5(C)C)ccc3c2)C1)C(C)C.S.S.S.S. The topological polar surface area (TPSA) is 154 Å². The second-order valence-corrected chi connectivity index (χ2v) is 17.3. The number of allylic oxidation sites excluding steroid dienone is 1. The fourth-order valence-corrected chi connectivity index (χ4v) is 8.95. The van der Waals surface area contributed by atoms with Crippen molar-refractivity contribution in [3.05, 3.63) is 71.9 Å². The van der Waals surface area contributed by atoms with E-state index in [0.29, 0.717) is 19.5 Å². The smallest absolute Gasteiger partial charge is 0.407 e. The van der Waals surface area contributed by atoms with E-state index < -0.39 is 29.8 Å². The number of nitrogens with zero attached hydrogens (tertiary/aromatic N) is 4. The van der Waals surface area contributed by atoms with Crippen LogP contribution >= 0.6 is 54.0 Å². The molecular weight excluding hydrogens is 875 g/mol. The van der Waals surface area contributed by atoms with Crippen molar-refractivity contribution in [1.82, 2.24) is 20.4 Å². The lowest BCUT2D eigenvalue weighted by atomic mass is 9.88. The quantitative estimate of drug-likeness (QED) is 0.187. The number of carbonyl (C=O) groups excluding carboxylic acids is 4. The number of fused-ring (bicyclic) bond motifs is 2. The van der Waals surface area contributed by atoms with Gasteiger partial charge >= 0.3 is 12.2 Å². The second kappa shape index (κ2) is 22.0. The van der Waals surface area contributed by atoms with Crippen LogP contribution in [0, 0.1) is 11.8 Å². The third kappa shape index (κ3) is 11.1. The number of benzene rings is 3. The molecule has 344 valence electrons. The van der Waals surface area contributed by atoms with Crippen LogP contribution in [0.25, 0.3) is 27.5 Å². The van der Waals surface area contributed by atoms with Crippen LogP contribution in [0.15, 0.2) is 70.8 Å². The van der Waals surface area contributed by atoms with Crippen molar-refractivity contribution in [2.45, 2.75) is 103 Å². The van der Waals surface area contributed by atoms with Gasteiger partial charge in [-0.1, -0.05) is 64.1 Å². The Hall–Kier alpha value is -4.32. The Balaban J connectivity index is 0.00000264. The average Bonchev–Trinajstić information content (AvgIpc) is 4.02. The maximum Gasteiger partial charge on any atom is 0.407 e. The second-order valence-electron chi connectivity index (χ2n) is 17.3. The van der Waals surface area contributed by atoms with Crippen LogP contribution < -0.4 is 16.0 Å². The normalized spacial score (nSPS) is 19.4. The molecule has 0 unspecified atom stereocenters. The fourth-order valence-electron chi connectivity index (χ4n) is 8.95. The molecule has 3 aromatic rings. The van der Waals surface area contributed by atoms with Crippen molar-refractivity contribution < 1.29 is 28.7 Å². The first-order valence-electron chi connectivity index (χ1n) is 20.8. The van der Waals surface area contributed by atoms with E-state index in [4.69, 9.17) is 19.5 Å². The molecule has 7 rings (SSSR count). The first kappa shape index (κ1) is 53.0. The molecule has 4 heterocycles. The maximum absolute atomic E-state index is 13.9. The van der Waals surface area contributed by atoms with Crippen molar-refractivity contribution in [3.8, 4) is 11.1 Å². The molecule has 0 aromatic heterocycles. The van der Waals surface area contributed by atoms with E-state index in [0.717, 1.165) is 81.5 Å². The molecule has 2 fully saturated rings. The Morgan fingerprint density at radius 3 is 1.76 bits per heavy atom. The summed E-state index contributed by atoms with van der Waals surface area (Å²) in [5.41, 5.74) is 6.85. The summed E-state index contributed by atoms with van der Waals surface area (Å²) in [6.07, 6.45) is 4.70. The first-order valence-corrected chi connectivity index (χ1v) is 20.8. The van der Waals surface area contributed by atoms with Crippen molar-refractivity contribution in [2.24, 2.45) is 21.8 Å². The predicted molar refractivity (Wildman–Crippen MR) is 273 cm³/mol. The molecule has 0 saturated carbocycles. The molecule has 4 amide bonds. The molecule has 0 spiro atoms. The van der Waals surface area contributed by atoms with E-state index in [1.165, 1.54) is 14.2 Å². The van der Waals surface area contributed by atoms with Gasteiger partial charge in [0, 0.05) is 42.7 Å². The molecule has 4 aliphatic rings. The van der Waals surface area contributed by atoms with Crippen LogP contribution in [0.4, 0.5) is 15.3 Å². The van der Waals surface area contributed by atoms with Crippen LogP contribution in [0.3, 0.4) is 0 Å². The molecule has 4 aliphatic heterocycles. The first-order chi connectivity index (χ1) is 28.2. The number of hydrogen-bond acceptors (Lipinski definition) is 9. The zero-order chi connectivity index (χ0) is 42.2. The summed E-state index contributed by atoms with van der Waals surface area (Å²) in [7, 11) is 2.60. The number of hydrogen-bond donors (Lipinski definition) is 3. The van der Waals surface area contributed by atoms with Crippen LogP contribution in [0.1, 0.15) is 84.8 Å². The number of amides is 4. The van der Waals surface area contributed by atoms with Crippen molar-refractivity contribution in [1.29, 1.82) is 0 Å². The van der Waals surface area contributed by atoms with Gasteiger partial charge in [0.05, 0.1) is 31.8 Å². The summed E-state index contributed by atoms with van der Waals surface area (Å²) in [5.74, 6) is 0.315. The fraction of sp³-hybridized carbons (Fsp3) is 0.478. The molecule has 63 heavy (non-hydrogen) atoms. The number of methoxy groups -OCH3 is 2. The Kier molecular flexibility index (Phi) is 18.6. The Morgan fingerprint density at radius 1 is 0.714 bits per heavy atom. The molecule has 3 aromatic carbocycles. The lowest BCUT2D eigenvalue weighted by Gasteiger charge is -2.36. The molecule has 4 atom stereocenters. The van der Waals surface area contributed by atoms with Gasteiger partial charge in [0.2, 0.25) is 11.8 Å². The van der Waals surface area contributed by atoms with Crippen molar-refractivity contribution in [3.63, 3.8) is 0 Å². The third-order valence-corrected chi connectivity index (χ3v) is 12.2. The van der Waals surface area contributed by atoms with Crippen molar-refractivity contribution in [2.75, 3.05) is 32.6 Å². The average molecular weight is 940 g/mol. The van der Waals surface area contributed by atoms with Gasteiger partial charge in [-0.15, -0.1) is 0 Å². The molecule has 0 aliphatic carbocycles. The van der Waals surface area contributed by atoms with Gasteiger partial charge in [-0.25, -0.2) is 9.59 Å². The number of anilines is 1. The lowest BCUT2D eigenvalue weighted by molar-refractivity contribution is -0.134. The summed E-state index contributed by atoms with van der Waals surface area (Å²) in [5, 5.41) is 11.3. The Morgan fingerprint density at radius 2 is 1.21 bits per heavy atom. The number of alkyl carbamates (subject to hydrolysis) is 2. The van der Waals surface area contributed by atoms with E-state index in [1.54, 1.807) is 0 Å². The van der Waals surface area contributed by atoms with Gasteiger partial charge in [0.15, 0.2) is 0 Å². The summed E-state index contributed by atoms with van der Waals surface area (Å²) in [4.78, 5) is 65.4. The number of carbonyl (C=O) groups is 4. The highest BCUT2D eigenvalue weighted by Crippen LogP contribution is 2.40. The third-order valence-electron chi connectivity index (χ3n) is 12.2. The molecule has 2 saturated heterocycles. The standard InChI is InChI=1S/C46H57N7O6.4H2S/c1-26(2)39(49-44(56)58-7)42(54)52-19-9-11-37(52)36-24-33(25-47-36)31-16-15-28-21-30(14-13-29(28)22-31)32-17-18-34-35(23-32)48-41(51-46(34,5)6)38-12-10-20-53(38)43(55)40(27(3)4)50-45(57)59-8;;;;/h13-18,21-23,25-27,37-40H,9-12,19-20,24H2,1-8H3,(H,48,51)(H,49,56)(H,50,57);4*1H2/t37-,38-,39-,40-;;;;/m0..../s1. The highest BCUT2D eigenvalue weighted by atomic mass is 32.1. The number of amidine groups is 1. The zero-order valence-electron chi connectivity index (χ0n) is 37.4. The summed E-state index contributed by atoms with van der Waals surface area (Å²) in [6.45, 7) is 13.1. The number of nitrogens with one attached hydrogen (secondary N) is 3. The van der Waals surface area contributed by atoms with Gasteiger partial charge < -0.3 is 35.2 Å². The van der Waals surface area contributed by atoms with E-state index in [9.17, 15) is 19.2 Å². The molecule has 17 heteroatoms. The predicted octanol–water partition coefficient (Wildman–Crippen LogP) is 7.95. The molecule has 13 nitrogen and oxygen atoms in total. The van der Waals surface area contributed by atoms with E-state index in [-0.39, 0.29) is 89.7 Å². The highest BCUT2D eigenvalue weighted by molar-refractivity contribution is 7.59. The van der Waals surface area contributed by atoms with Crippen LogP contribution in [-0.2, 0) is 24.6 Å². The number of likely N-dealkylation sites (tertiary alicyclic amines) is 2. The van der Waals surface area contributed by atoms with Gasteiger partial charge in [-0.2, -0.15) is 54.0 Å². The van der Waals surface area contributed by atoms with Crippen LogP contribution in [0.5, 0.6) is 0 Å². The van der Waals surface area contributed by atoms with Gasteiger partial charge in [0.1, 0.15) is 17.9 Å².